The summed E-state index contributed by atoms with van der Waals surface area (Å²) in [5, 5.41) is 10.9. The molecule has 0 spiro atoms. The zero-order valence-electron chi connectivity index (χ0n) is 15.6. The first-order valence-electron chi connectivity index (χ1n) is 10.0. The number of hydrogen-bond acceptors (Lipinski definition) is 2. The summed E-state index contributed by atoms with van der Waals surface area (Å²) in [6, 6.07) is 4.16. The molecule has 2 aromatic rings. The fourth-order valence-corrected chi connectivity index (χ4v) is 6.23. The number of hydrogen-bond donors (Lipinski definition) is 2. The Balaban J connectivity index is 1.22. The third kappa shape index (κ3) is 3.50. The Labute approximate surface area is 168 Å². The van der Waals surface area contributed by atoms with Crippen molar-refractivity contribution in [3.63, 3.8) is 0 Å². The van der Waals surface area contributed by atoms with E-state index < -0.39 is 0 Å². The lowest BCUT2D eigenvalue weighted by molar-refractivity contribution is -0.0127. The van der Waals surface area contributed by atoms with E-state index in [2.05, 4.69) is 15.7 Å². The van der Waals surface area contributed by atoms with Crippen molar-refractivity contribution in [1.29, 1.82) is 0 Å². The van der Waals surface area contributed by atoms with Crippen LogP contribution in [0.3, 0.4) is 0 Å². The molecule has 7 heteroatoms. The maximum atomic E-state index is 13.2. The Hall–Kier alpha value is -2.08. The van der Waals surface area contributed by atoms with Crippen molar-refractivity contribution in [1.82, 2.24) is 15.1 Å². The van der Waals surface area contributed by atoms with Crippen LogP contribution in [-0.2, 0) is 6.54 Å². The van der Waals surface area contributed by atoms with Gasteiger partial charge in [0.1, 0.15) is 5.82 Å². The van der Waals surface area contributed by atoms with Crippen molar-refractivity contribution in [2.75, 3.05) is 5.32 Å². The van der Waals surface area contributed by atoms with E-state index in [4.69, 9.17) is 11.6 Å². The van der Waals surface area contributed by atoms with Crippen molar-refractivity contribution in [2.45, 2.75) is 50.6 Å². The second kappa shape index (κ2) is 6.76. The van der Waals surface area contributed by atoms with Gasteiger partial charge in [-0.05, 0) is 74.0 Å². The van der Waals surface area contributed by atoms with Crippen LogP contribution in [0.15, 0.2) is 30.6 Å². The van der Waals surface area contributed by atoms with Gasteiger partial charge >= 0.3 is 6.03 Å². The molecule has 0 saturated heterocycles. The number of nitrogens with zero attached hydrogens (tertiary/aromatic N) is 2. The van der Waals surface area contributed by atoms with Crippen molar-refractivity contribution in [3.05, 3.63) is 47.0 Å². The average molecular weight is 403 g/mol. The number of rotatable bonds is 4. The largest absolute Gasteiger partial charge is 0.332 e. The smallest absolute Gasteiger partial charge is 0.319 e. The molecular formula is C21H24ClFN4O. The fourth-order valence-electron chi connectivity index (χ4n) is 6.01. The molecule has 5 nitrogen and oxygen atoms in total. The molecule has 0 unspecified atom stereocenters. The zero-order chi connectivity index (χ0) is 19.3. The van der Waals surface area contributed by atoms with E-state index in [1.165, 1.54) is 31.4 Å². The summed E-state index contributed by atoms with van der Waals surface area (Å²) in [6.45, 7) is 0.414. The van der Waals surface area contributed by atoms with E-state index in [9.17, 15) is 9.18 Å². The molecule has 1 aromatic carbocycles. The van der Waals surface area contributed by atoms with Crippen LogP contribution in [0.4, 0.5) is 14.9 Å². The fraction of sp³-hybridized carbons (Fsp3) is 0.524. The molecular weight excluding hydrogens is 379 g/mol. The molecule has 4 fully saturated rings. The van der Waals surface area contributed by atoms with Crippen LogP contribution < -0.4 is 10.6 Å². The van der Waals surface area contributed by atoms with Gasteiger partial charge in [0.2, 0.25) is 0 Å². The Morgan fingerprint density at radius 2 is 1.89 bits per heavy atom. The minimum Gasteiger partial charge on any atom is -0.332 e. The maximum absolute atomic E-state index is 13.2. The summed E-state index contributed by atoms with van der Waals surface area (Å²) in [5.41, 5.74) is 1.40. The Morgan fingerprint density at radius 1 is 1.21 bits per heavy atom. The van der Waals surface area contributed by atoms with Crippen molar-refractivity contribution < 1.29 is 9.18 Å². The summed E-state index contributed by atoms with van der Waals surface area (Å²) in [7, 11) is 0. The molecule has 148 valence electrons. The first-order valence-corrected chi connectivity index (χ1v) is 10.4. The second-order valence-electron chi connectivity index (χ2n) is 8.94. The topological polar surface area (TPSA) is 59.0 Å². The summed E-state index contributed by atoms with van der Waals surface area (Å²) >= 11 is 6.08. The van der Waals surface area contributed by atoms with Crippen LogP contribution in [0, 0.1) is 23.6 Å². The Bertz CT molecular complexity index is 876. The quantitative estimate of drug-likeness (QED) is 0.770. The maximum Gasteiger partial charge on any atom is 0.319 e. The number of urea groups is 1. The SMILES string of the molecule is O=C(Nc1cnn(Cc2ccc(F)cc2Cl)c1)NC12CC3CC(CC(C3)C1)C2. The van der Waals surface area contributed by atoms with Crippen molar-refractivity contribution in [3.8, 4) is 0 Å². The van der Waals surface area contributed by atoms with Crippen LogP contribution >= 0.6 is 11.6 Å². The van der Waals surface area contributed by atoms with Gasteiger partial charge in [-0.25, -0.2) is 9.18 Å². The highest BCUT2D eigenvalue weighted by Crippen LogP contribution is 2.55. The molecule has 0 aliphatic heterocycles. The third-order valence-electron chi connectivity index (χ3n) is 6.66. The van der Waals surface area contributed by atoms with Gasteiger partial charge in [-0.15, -0.1) is 0 Å². The number of benzene rings is 1. The molecule has 4 bridgehead atoms. The number of halogens is 2. The van der Waals surface area contributed by atoms with E-state index in [1.54, 1.807) is 23.1 Å². The van der Waals surface area contributed by atoms with Gasteiger partial charge in [0.15, 0.2) is 0 Å². The van der Waals surface area contributed by atoms with Crippen LogP contribution in [0.5, 0.6) is 0 Å². The minimum absolute atomic E-state index is 0.0174. The summed E-state index contributed by atoms with van der Waals surface area (Å²) in [6.07, 6.45) is 10.8. The molecule has 4 saturated carbocycles. The molecule has 1 aromatic heterocycles. The van der Waals surface area contributed by atoms with Crippen molar-refractivity contribution in [2.24, 2.45) is 17.8 Å². The lowest BCUT2D eigenvalue weighted by atomic mass is 9.53. The second-order valence-corrected chi connectivity index (χ2v) is 9.35. The predicted molar refractivity (Wildman–Crippen MR) is 106 cm³/mol. The van der Waals surface area contributed by atoms with E-state index in [0.717, 1.165) is 42.6 Å². The molecule has 2 N–H and O–H groups in total. The molecule has 0 radical (unpaired) electrons. The lowest BCUT2D eigenvalue weighted by Gasteiger charge is -2.56. The predicted octanol–water partition coefficient (Wildman–Crippen LogP) is 4.81. The molecule has 6 rings (SSSR count). The van der Waals surface area contributed by atoms with Gasteiger partial charge in [-0.2, -0.15) is 5.10 Å². The average Bonchev–Trinajstić information content (AvgIpc) is 3.02. The summed E-state index contributed by atoms with van der Waals surface area (Å²) < 4.78 is 14.9. The minimum atomic E-state index is -0.363. The standard InChI is InChI=1S/C21H24ClFN4O/c22-19-6-17(23)2-1-16(19)11-27-12-18(10-24-27)25-20(28)26-21-7-13-3-14(8-21)5-15(4-13)9-21/h1-2,6,10,12-15H,3-5,7-9,11H2,(H2,25,26,28). The monoisotopic (exact) mass is 402 g/mol. The van der Waals surface area contributed by atoms with E-state index >= 15 is 0 Å². The summed E-state index contributed by atoms with van der Waals surface area (Å²) in [4.78, 5) is 12.6. The number of amides is 2. The van der Waals surface area contributed by atoms with Gasteiger partial charge in [0, 0.05) is 16.8 Å². The zero-order valence-corrected chi connectivity index (χ0v) is 16.4. The molecule has 1 heterocycles. The number of nitrogens with one attached hydrogen (secondary N) is 2. The molecule has 2 amide bonds. The highest BCUT2D eigenvalue weighted by molar-refractivity contribution is 6.31. The van der Waals surface area contributed by atoms with E-state index in [-0.39, 0.29) is 17.4 Å². The highest BCUT2D eigenvalue weighted by atomic mass is 35.5. The van der Waals surface area contributed by atoms with Crippen molar-refractivity contribution >= 4 is 23.3 Å². The van der Waals surface area contributed by atoms with Crippen LogP contribution in [0.2, 0.25) is 5.02 Å². The van der Waals surface area contributed by atoms with Gasteiger partial charge in [-0.1, -0.05) is 17.7 Å². The van der Waals surface area contributed by atoms with Gasteiger partial charge in [-0.3, -0.25) is 4.68 Å². The van der Waals surface area contributed by atoms with Gasteiger partial charge in [0.25, 0.3) is 0 Å². The van der Waals surface area contributed by atoms with Crippen LogP contribution in [-0.4, -0.2) is 21.4 Å². The van der Waals surface area contributed by atoms with Crippen LogP contribution in [0.25, 0.3) is 0 Å². The molecule has 4 aliphatic carbocycles. The lowest BCUT2D eigenvalue weighted by Crippen LogP contribution is -2.60. The molecule has 28 heavy (non-hydrogen) atoms. The summed E-state index contributed by atoms with van der Waals surface area (Å²) in [5.74, 6) is 2.00. The third-order valence-corrected chi connectivity index (χ3v) is 7.01. The van der Waals surface area contributed by atoms with Gasteiger partial charge < -0.3 is 10.6 Å². The number of carbonyl (C=O) groups excluding carboxylic acids is 1. The molecule has 4 aliphatic rings. The Kier molecular flexibility index (Phi) is 4.34. The normalized spacial score (nSPS) is 30.4. The first kappa shape index (κ1) is 18.0. The Morgan fingerprint density at radius 3 is 2.54 bits per heavy atom. The highest BCUT2D eigenvalue weighted by Gasteiger charge is 2.51. The number of aromatic nitrogens is 2. The van der Waals surface area contributed by atoms with Crippen LogP contribution in [0.1, 0.15) is 44.1 Å². The van der Waals surface area contributed by atoms with E-state index in [0.29, 0.717) is 17.3 Å². The number of carbonyl (C=O) groups is 1. The van der Waals surface area contributed by atoms with E-state index in [1.807, 2.05) is 0 Å². The molecule has 0 atom stereocenters. The number of anilines is 1. The van der Waals surface area contributed by atoms with Gasteiger partial charge in [0.05, 0.1) is 18.4 Å². The first-order chi connectivity index (χ1) is 13.5.